The van der Waals surface area contributed by atoms with Crippen LogP contribution in [0.3, 0.4) is 0 Å². The van der Waals surface area contributed by atoms with Crippen LogP contribution in [0.4, 0.5) is 0 Å². The van der Waals surface area contributed by atoms with Crippen molar-refractivity contribution in [1.82, 2.24) is 5.32 Å². The van der Waals surface area contributed by atoms with Crippen LogP contribution in [0.2, 0.25) is 0 Å². The molecule has 0 saturated heterocycles. The van der Waals surface area contributed by atoms with Gasteiger partial charge in [0.2, 0.25) is 0 Å². The standard InChI is InChI=1S/C23H27NO6/c1-15(2)19-8-5-16(3)20(11-19)29-14-22(26)30-13-21(25)24-12-17-6-9-18(10-7-17)23(27)28-4/h5-11,15H,12-14H2,1-4H3,(H,24,25). The third-order valence-corrected chi connectivity index (χ3v) is 4.45. The average molecular weight is 413 g/mol. The SMILES string of the molecule is COC(=O)c1ccc(CNC(=O)COC(=O)COc2cc(C(C)C)ccc2C)cc1. The van der Waals surface area contributed by atoms with Gasteiger partial charge >= 0.3 is 11.9 Å². The Bertz CT molecular complexity index is 889. The summed E-state index contributed by atoms with van der Waals surface area (Å²) in [5, 5.41) is 2.65. The zero-order chi connectivity index (χ0) is 22.1. The first-order valence-electron chi connectivity index (χ1n) is 9.63. The number of nitrogens with one attached hydrogen (secondary N) is 1. The van der Waals surface area contributed by atoms with E-state index < -0.39 is 24.5 Å². The molecule has 0 aliphatic heterocycles. The summed E-state index contributed by atoms with van der Waals surface area (Å²) in [5.41, 5.74) is 3.26. The summed E-state index contributed by atoms with van der Waals surface area (Å²) < 4.78 is 15.1. The van der Waals surface area contributed by atoms with Gasteiger partial charge in [0.1, 0.15) is 5.75 Å². The van der Waals surface area contributed by atoms with E-state index in [9.17, 15) is 14.4 Å². The highest BCUT2D eigenvalue weighted by molar-refractivity contribution is 5.89. The first-order chi connectivity index (χ1) is 14.3. The number of benzene rings is 2. The van der Waals surface area contributed by atoms with Gasteiger partial charge in [-0.3, -0.25) is 4.79 Å². The largest absolute Gasteiger partial charge is 0.482 e. The molecule has 0 aromatic heterocycles. The normalized spacial score (nSPS) is 10.4. The molecular weight excluding hydrogens is 386 g/mol. The van der Waals surface area contributed by atoms with Gasteiger partial charge in [0.05, 0.1) is 12.7 Å². The Morgan fingerprint density at radius 3 is 2.33 bits per heavy atom. The molecule has 1 amide bonds. The Labute approximate surface area is 176 Å². The fourth-order valence-corrected chi connectivity index (χ4v) is 2.58. The molecule has 30 heavy (non-hydrogen) atoms. The van der Waals surface area contributed by atoms with E-state index in [4.69, 9.17) is 9.47 Å². The van der Waals surface area contributed by atoms with Crippen molar-refractivity contribution < 1.29 is 28.6 Å². The molecule has 0 spiro atoms. The zero-order valence-electron chi connectivity index (χ0n) is 17.7. The molecule has 2 aromatic rings. The number of amides is 1. The van der Waals surface area contributed by atoms with Gasteiger partial charge in [-0.05, 0) is 47.7 Å². The van der Waals surface area contributed by atoms with Gasteiger partial charge in [-0.25, -0.2) is 9.59 Å². The van der Waals surface area contributed by atoms with E-state index in [1.165, 1.54) is 7.11 Å². The lowest BCUT2D eigenvalue weighted by atomic mass is 10.0. The summed E-state index contributed by atoms with van der Waals surface area (Å²) in [6.07, 6.45) is 0. The summed E-state index contributed by atoms with van der Waals surface area (Å²) in [6.45, 7) is 5.63. The molecule has 0 atom stereocenters. The van der Waals surface area contributed by atoms with Crippen molar-refractivity contribution in [1.29, 1.82) is 0 Å². The molecule has 7 heteroatoms. The highest BCUT2D eigenvalue weighted by Gasteiger charge is 2.11. The fraction of sp³-hybridized carbons (Fsp3) is 0.348. The van der Waals surface area contributed by atoms with E-state index >= 15 is 0 Å². The topological polar surface area (TPSA) is 90.9 Å². The molecule has 2 aromatic carbocycles. The Kier molecular flexibility index (Phi) is 8.41. The van der Waals surface area contributed by atoms with Crippen LogP contribution in [0.5, 0.6) is 5.75 Å². The Morgan fingerprint density at radius 1 is 1.00 bits per heavy atom. The van der Waals surface area contributed by atoms with Crippen LogP contribution in [-0.4, -0.2) is 38.2 Å². The molecule has 160 valence electrons. The number of aryl methyl sites for hydroxylation is 1. The molecule has 0 heterocycles. The lowest BCUT2D eigenvalue weighted by Crippen LogP contribution is -2.29. The van der Waals surface area contributed by atoms with E-state index in [2.05, 4.69) is 23.9 Å². The monoisotopic (exact) mass is 413 g/mol. The first kappa shape index (κ1) is 22.9. The van der Waals surface area contributed by atoms with Gasteiger partial charge in [0.25, 0.3) is 5.91 Å². The highest BCUT2D eigenvalue weighted by Crippen LogP contribution is 2.24. The van der Waals surface area contributed by atoms with Crippen molar-refractivity contribution in [3.63, 3.8) is 0 Å². The number of methoxy groups -OCH3 is 1. The summed E-state index contributed by atoms with van der Waals surface area (Å²) in [5.74, 6) is -0.510. The van der Waals surface area contributed by atoms with Crippen LogP contribution < -0.4 is 10.1 Å². The maximum atomic E-state index is 11.9. The number of hydrogen-bond acceptors (Lipinski definition) is 6. The van der Waals surface area contributed by atoms with E-state index in [0.717, 1.165) is 16.7 Å². The fourth-order valence-electron chi connectivity index (χ4n) is 2.58. The van der Waals surface area contributed by atoms with E-state index in [1.54, 1.807) is 24.3 Å². The van der Waals surface area contributed by atoms with Crippen LogP contribution in [0.25, 0.3) is 0 Å². The third kappa shape index (κ3) is 6.92. The summed E-state index contributed by atoms with van der Waals surface area (Å²) in [7, 11) is 1.31. The molecule has 1 N–H and O–H groups in total. The van der Waals surface area contributed by atoms with Crippen LogP contribution in [-0.2, 0) is 25.6 Å². The molecule has 0 saturated carbocycles. The molecular formula is C23H27NO6. The minimum atomic E-state index is -0.623. The number of esters is 2. The predicted octanol–water partition coefficient (Wildman–Crippen LogP) is 3.14. The molecule has 2 rings (SSSR count). The third-order valence-electron chi connectivity index (χ3n) is 4.45. The Balaban J connectivity index is 1.74. The summed E-state index contributed by atoms with van der Waals surface area (Å²) in [4.78, 5) is 35.2. The summed E-state index contributed by atoms with van der Waals surface area (Å²) in [6, 6.07) is 12.5. The molecule has 0 unspecified atom stereocenters. The van der Waals surface area contributed by atoms with Crippen molar-refractivity contribution in [3.05, 3.63) is 64.7 Å². The second kappa shape index (κ2) is 11.0. The van der Waals surface area contributed by atoms with Gasteiger partial charge in [0, 0.05) is 6.54 Å². The molecule has 0 radical (unpaired) electrons. The maximum absolute atomic E-state index is 11.9. The first-order valence-corrected chi connectivity index (χ1v) is 9.63. The van der Waals surface area contributed by atoms with Crippen molar-refractivity contribution in [2.45, 2.75) is 33.2 Å². The van der Waals surface area contributed by atoms with Gasteiger partial charge in [-0.2, -0.15) is 0 Å². The molecule has 0 fully saturated rings. The second-order valence-corrected chi connectivity index (χ2v) is 7.09. The Hall–Kier alpha value is -3.35. The quantitative estimate of drug-likeness (QED) is 0.635. The lowest BCUT2D eigenvalue weighted by molar-refractivity contribution is -0.150. The van der Waals surface area contributed by atoms with Crippen molar-refractivity contribution in [3.8, 4) is 5.75 Å². The van der Waals surface area contributed by atoms with Crippen LogP contribution >= 0.6 is 0 Å². The highest BCUT2D eigenvalue weighted by atomic mass is 16.6. The minimum Gasteiger partial charge on any atom is -0.482 e. The number of carbonyl (C=O) groups excluding carboxylic acids is 3. The van der Waals surface area contributed by atoms with Crippen LogP contribution in [0, 0.1) is 6.92 Å². The smallest absolute Gasteiger partial charge is 0.344 e. The van der Waals surface area contributed by atoms with Crippen molar-refractivity contribution >= 4 is 17.8 Å². The predicted molar refractivity (Wildman–Crippen MR) is 111 cm³/mol. The van der Waals surface area contributed by atoms with Gasteiger partial charge < -0.3 is 19.5 Å². The van der Waals surface area contributed by atoms with Crippen LogP contribution in [0.15, 0.2) is 42.5 Å². The second-order valence-electron chi connectivity index (χ2n) is 7.09. The molecule has 0 aliphatic rings. The molecule has 7 nitrogen and oxygen atoms in total. The number of rotatable bonds is 9. The summed E-state index contributed by atoms with van der Waals surface area (Å²) >= 11 is 0. The van der Waals surface area contributed by atoms with Crippen molar-refractivity contribution in [2.24, 2.45) is 0 Å². The zero-order valence-corrected chi connectivity index (χ0v) is 17.7. The number of ether oxygens (including phenoxy) is 3. The van der Waals surface area contributed by atoms with Gasteiger partial charge in [-0.15, -0.1) is 0 Å². The van der Waals surface area contributed by atoms with Gasteiger partial charge in [-0.1, -0.05) is 38.1 Å². The van der Waals surface area contributed by atoms with Crippen LogP contribution in [0.1, 0.15) is 46.8 Å². The van der Waals surface area contributed by atoms with E-state index in [0.29, 0.717) is 17.2 Å². The maximum Gasteiger partial charge on any atom is 0.344 e. The minimum absolute atomic E-state index is 0.246. The lowest BCUT2D eigenvalue weighted by Gasteiger charge is -2.12. The number of carbonyl (C=O) groups is 3. The van der Waals surface area contributed by atoms with E-state index in [-0.39, 0.29) is 13.2 Å². The van der Waals surface area contributed by atoms with Gasteiger partial charge in [0.15, 0.2) is 13.2 Å². The number of hydrogen-bond donors (Lipinski definition) is 1. The molecule has 0 aliphatic carbocycles. The van der Waals surface area contributed by atoms with E-state index in [1.807, 2.05) is 25.1 Å². The average Bonchev–Trinajstić information content (AvgIpc) is 2.75. The van der Waals surface area contributed by atoms with Crippen molar-refractivity contribution in [2.75, 3.05) is 20.3 Å². The molecule has 0 bridgehead atoms. The Morgan fingerprint density at radius 2 is 1.70 bits per heavy atom.